The molecular weight excluding hydrogens is 255 g/mol. The van der Waals surface area contributed by atoms with E-state index < -0.39 is 11.7 Å². The average Bonchev–Trinajstić information content (AvgIpc) is 2.34. The molecule has 0 saturated heterocycles. The number of aryl methyl sites for hydroxylation is 1. The van der Waals surface area contributed by atoms with Gasteiger partial charge in [0.2, 0.25) is 0 Å². The van der Waals surface area contributed by atoms with Crippen LogP contribution in [0.3, 0.4) is 0 Å². The zero-order chi connectivity index (χ0) is 13.1. The highest BCUT2D eigenvalue weighted by Gasteiger charge is 2.11. The summed E-state index contributed by atoms with van der Waals surface area (Å²) in [5.74, 6) is -0.824. The third kappa shape index (κ3) is 2.65. The third-order valence-corrected chi connectivity index (χ3v) is 2.79. The number of halogens is 2. The zero-order valence-electron chi connectivity index (χ0n) is 9.58. The number of amides is 1. The SMILES string of the molecule is Cc1ccc(F)cc1NC(=O)c1cnccc1Cl. The standard InChI is InChI=1S/C13H10ClFN2O/c1-8-2-3-9(15)6-12(8)17-13(18)10-7-16-5-4-11(10)14/h2-7H,1H3,(H,17,18). The second-order valence-corrected chi connectivity index (χ2v) is 4.18. The molecule has 18 heavy (non-hydrogen) atoms. The third-order valence-electron chi connectivity index (χ3n) is 2.46. The molecule has 92 valence electrons. The molecule has 0 fully saturated rings. The van der Waals surface area contributed by atoms with Gasteiger partial charge in [-0.3, -0.25) is 9.78 Å². The molecule has 0 radical (unpaired) electrons. The molecule has 5 heteroatoms. The van der Waals surface area contributed by atoms with Gasteiger partial charge in [-0.15, -0.1) is 0 Å². The summed E-state index contributed by atoms with van der Waals surface area (Å²) < 4.78 is 13.1. The number of carbonyl (C=O) groups excluding carboxylic acids is 1. The first-order valence-electron chi connectivity index (χ1n) is 5.25. The van der Waals surface area contributed by atoms with Crippen LogP contribution in [-0.2, 0) is 0 Å². The topological polar surface area (TPSA) is 42.0 Å². The van der Waals surface area contributed by atoms with Crippen molar-refractivity contribution in [2.24, 2.45) is 0 Å². The van der Waals surface area contributed by atoms with Crippen LogP contribution in [0.1, 0.15) is 15.9 Å². The number of nitrogens with zero attached hydrogens (tertiary/aromatic N) is 1. The normalized spacial score (nSPS) is 10.2. The summed E-state index contributed by atoms with van der Waals surface area (Å²) in [6.07, 6.45) is 2.86. The Morgan fingerprint density at radius 1 is 1.39 bits per heavy atom. The number of rotatable bonds is 2. The van der Waals surface area contributed by atoms with Crippen LogP contribution in [0.5, 0.6) is 0 Å². The van der Waals surface area contributed by atoms with E-state index in [1.807, 2.05) is 0 Å². The second kappa shape index (κ2) is 5.14. The Labute approximate surface area is 109 Å². The quantitative estimate of drug-likeness (QED) is 0.903. The van der Waals surface area contributed by atoms with Gasteiger partial charge in [0.1, 0.15) is 5.82 Å². The van der Waals surface area contributed by atoms with Crippen molar-refractivity contribution in [2.45, 2.75) is 6.92 Å². The summed E-state index contributed by atoms with van der Waals surface area (Å²) in [4.78, 5) is 15.8. The Morgan fingerprint density at radius 3 is 2.89 bits per heavy atom. The van der Waals surface area contributed by atoms with Gasteiger partial charge in [0, 0.05) is 18.1 Å². The Morgan fingerprint density at radius 2 is 2.17 bits per heavy atom. The molecule has 1 heterocycles. The number of benzene rings is 1. The van der Waals surface area contributed by atoms with Crippen LogP contribution in [0, 0.1) is 12.7 Å². The van der Waals surface area contributed by atoms with Crippen molar-refractivity contribution in [1.82, 2.24) is 4.98 Å². The number of hydrogen-bond donors (Lipinski definition) is 1. The first-order chi connectivity index (χ1) is 8.58. The number of anilines is 1. The van der Waals surface area contributed by atoms with E-state index in [1.165, 1.54) is 30.6 Å². The molecule has 0 spiro atoms. The number of carbonyl (C=O) groups is 1. The molecule has 2 aromatic rings. The van der Waals surface area contributed by atoms with Gasteiger partial charge in [-0.05, 0) is 30.7 Å². The maximum Gasteiger partial charge on any atom is 0.258 e. The molecule has 0 aliphatic rings. The molecule has 2 rings (SSSR count). The number of aromatic nitrogens is 1. The Hall–Kier alpha value is -1.94. The monoisotopic (exact) mass is 264 g/mol. The predicted molar refractivity (Wildman–Crippen MR) is 68.3 cm³/mol. The van der Waals surface area contributed by atoms with Crippen LogP contribution < -0.4 is 5.32 Å². The molecule has 1 aromatic heterocycles. The highest BCUT2D eigenvalue weighted by atomic mass is 35.5. The molecule has 0 atom stereocenters. The lowest BCUT2D eigenvalue weighted by molar-refractivity contribution is 0.102. The summed E-state index contributed by atoms with van der Waals surface area (Å²) in [7, 11) is 0. The molecule has 0 bridgehead atoms. The number of pyridine rings is 1. The fraction of sp³-hybridized carbons (Fsp3) is 0.0769. The van der Waals surface area contributed by atoms with Crippen molar-refractivity contribution >= 4 is 23.2 Å². The molecule has 0 aliphatic heterocycles. The van der Waals surface area contributed by atoms with Gasteiger partial charge < -0.3 is 5.32 Å². The second-order valence-electron chi connectivity index (χ2n) is 3.77. The van der Waals surface area contributed by atoms with Crippen LogP contribution in [-0.4, -0.2) is 10.9 Å². The summed E-state index contributed by atoms with van der Waals surface area (Å²) in [5, 5.41) is 2.91. The molecule has 1 aromatic carbocycles. The van der Waals surface area contributed by atoms with E-state index in [2.05, 4.69) is 10.3 Å². The Bertz CT molecular complexity index is 601. The van der Waals surface area contributed by atoms with Crippen molar-refractivity contribution < 1.29 is 9.18 Å². The van der Waals surface area contributed by atoms with Gasteiger partial charge >= 0.3 is 0 Å². The molecule has 0 unspecified atom stereocenters. The van der Waals surface area contributed by atoms with E-state index in [0.717, 1.165) is 5.56 Å². The lowest BCUT2D eigenvalue weighted by Gasteiger charge is -2.09. The van der Waals surface area contributed by atoms with Gasteiger partial charge in [-0.2, -0.15) is 0 Å². The van der Waals surface area contributed by atoms with Crippen molar-refractivity contribution in [2.75, 3.05) is 5.32 Å². The smallest absolute Gasteiger partial charge is 0.258 e. The van der Waals surface area contributed by atoms with Crippen LogP contribution in [0.25, 0.3) is 0 Å². The zero-order valence-corrected chi connectivity index (χ0v) is 10.3. The fourth-order valence-corrected chi connectivity index (χ4v) is 1.65. The van der Waals surface area contributed by atoms with Crippen LogP contribution in [0.2, 0.25) is 5.02 Å². The highest BCUT2D eigenvalue weighted by Crippen LogP contribution is 2.19. The molecule has 0 saturated carbocycles. The van der Waals surface area contributed by atoms with Crippen LogP contribution in [0.15, 0.2) is 36.7 Å². The molecular formula is C13H10ClFN2O. The van der Waals surface area contributed by atoms with Gasteiger partial charge in [0.15, 0.2) is 0 Å². The minimum Gasteiger partial charge on any atom is -0.322 e. The molecule has 1 amide bonds. The maximum atomic E-state index is 13.1. The molecule has 1 N–H and O–H groups in total. The lowest BCUT2D eigenvalue weighted by atomic mass is 10.2. The number of nitrogens with one attached hydrogen (secondary N) is 1. The van der Waals surface area contributed by atoms with E-state index in [4.69, 9.17) is 11.6 Å². The fourth-order valence-electron chi connectivity index (χ4n) is 1.46. The Kier molecular flexibility index (Phi) is 3.58. The van der Waals surface area contributed by atoms with Gasteiger partial charge in [0.05, 0.1) is 10.6 Å². The van der Waals surface area contributed by atoms with E-state index >= 15 is 0 Å². The summed E-state index contributed by atoms with van der Waals surface area (Å²) >= 11 is 5.88. The summed E-state index contributed by atoms with van der Waals surface area (Å²) in [6, 6.07) is 5.71. The van der Waals surface area contributed by atoms with E-state index in [9.17, 15) is 9.18 Å². The van der Waals surface area contributed by atoms with Crippen molar-refractivity contribution in [3.05, 3.63) is 58.6 Å². The number of hydrogen-bond acceptors (Lipinski definition) is 2. The maximum absolute atomic E-state index is 13.1. The predicted octanol–water partition coefficient (Wildman–Crippen LogP) is 3.43. The minimum atomic E-state index is -0.415. The van der Waals surface area contributed by atoms with Crippen molar-refractivity contribution in [3.8, 4) is 0 Å². The van der Waals surface area contributed by atoms with Gasteiger partial charge in [0.25, 0.3) is 5.91 Å². The average molecular weight is 265 g/mol. The van der Waals surface area contributed by atoms with Crippen molar-refractivity contribution in [1.29, 1.82) is 0 Å². The van der Waals surface area contributed by atoms with E-state index in [-0.39, 0.29) is 5.56 Å². The first-order valence-corrected chi connectivity index (χ1v) is 5.63. The van der Waals surface area contributed by atoms with Gasteiger partial charge in [-0.25, -0.2) is 4.39 Å². The summed E-state index contributed by atoms with van der Waals surface area (Å²) in [5.41, 5.74) is 1.44. The lowest BCUT2D eigenvalue weighted by Crippen LogP contribution is -2.13. The summed E-state index contributed by atoms with van der Waals surface area (Å²) in [6.45, 7) is 1.78. The molecule has 3 nitrogen and oxygen atoms in total. The Balaban J connectivity index is 2.27. The minimum absolute atomic E-state index is 0.253. The largest absolute Gasteiger partial charge is 0.322 e. The van der Waals surface area contributed by atoms with E-state index in [0.29, 0.717) is 10.7 Å². The van der Waals surface area contributed by atoms with Crippen LogP contribution >= 0.6 is 11.6 Å². The highest BCUT2D eigenvalue weighted by molar-refractivity contribution is 6.34. The first kappa shape index (κ1) is 12.5. The molecule has 0 aliphatic carbocycles. The van der Waals surface area contributed by atoms with Gasteiger partial charge in [-0.1, -0.05) is 17.7 Å². The van der Waals surface area contributed by atoms with E-state index in [1.54, 1.807) is 13.0 Å². The van der Waals surface area contributed by atoms with Crippen molar-refractivity contribution in [3.63, 3.8) is 0 Å². The van der Waals surface area contributed by atoms with Crippen LogP contribution in [0.4, 0.5) is 10.1 Å².